The molecule has 2 aromatic rings. The van der Waals surface area contributed by atoms with Gasteiger partial charge in [0.15, 0.2) is 5.69 Å². The van der Waals surface area contributed by atoms with Crippen molar-refractivity contribution < 1.29 is 18.8 Å². The van der Waals surface area contributed by atoms with Gasteiger partial charge in [-0.2, -0.15) is 0 Å². The minimum absolute atomic E-state index is 0.0267. The standard InChI is InChI=1S/C25H32N6O4/c32-23(26-18-3-1-4-18)21-16-35-22(29-21)15-30-11-13-31(14-12-30)24(33)17-7-9-20(10-8-17)28-25(34)27-19-5-2-6-19/h7-10,16,18-19H,1-6,11-15H2,(H,26,32)(H2,27,28,34). The minimum Gasteiger partial charge on any atom is -0.447 e. The van der Waals surface area contributed by atoms with Crippen molar-refractivity contribution in [2.24, 2.45) is 0 Å². The number of hydrogen-bond acceptors (Lipinski definition) is 6. The first-order chi connectivity index (χ1) is 17.0. The second kappa shape index (κ2) is 10.5. The molecule has 3 fully saturated rings. The Morgan fingerprint density at radius 3 is 2.20 bits per heavy atom. The Bertz CT molecular complexity index is 1050. The fraction of sp³-hybridized carbons (Fsp3) is 0.520. The van der Waals surface area contributed by atoms with Gasteiger partial charge in [-0.05, 0) is 62.8 Å². The van der Waals surface area contributed by atoms with E-state index in [1.165, 1.54) is 6.26 Å². The van der Waals surface area contributed by atoms with Crippen molar-refractivity contribution in [3.63, 3.8) is 0 Å². The molecule has 1 aromatic heterocycles. The number of nitrogens with one attached hydrogen (secondary N) is 3. The summed E-state index contributed by atoms with van der Waals surface area (Å²) in [5, 5.41) is 8.72. The number of oxazole rings is 1. The molecule has 186 valence electrons. The van der Waals surface area contributed by atoms with Gasteiger partial charge in [0.05, 0.1) is 6.54 Å². The molecule has 5 rings (SSSR count). The Labute approximate surface area is 204 Å². The predicted molar refractivity (Wildman–Crippen MR) is 129 cm³/mol. The van der Waals surface area contributed by atoms with E-state index in [9.17, 15) is 14.4 Å². The summed E-state index contributed by atoms with van der Waals surface area (Å²) in [4.78, 5) is 45.5. The lowest BCUT2D eigenvalue weighted by Crippen LogP contribution is -2.48. The van der Waals surface area contributed by atoms with Crippen LogP contribution < -0.4 is 16.0 Å². The molecule has 1 saturated heterocycles. The fourth-order valence-corrected chi connectivity index (χ4v) is 4.38. The molecule has 0 unspecified atom stereocenters. The molecule has 35 heavy (non-hydrogen) atoms. The maximum Gasteiger partial charge on any atom is 0.319 e. The second-order valence-electron chi connectivity index (χ2n) is 9.60. The molecule has 0 atom stereocenters. The van der Waals surface area contributed by atoms with Crippen molar-refractivity contribution in [2.75, 3.05) is 31.5 Å². The molecule has 2 aliphatic carbocycles. The third-order valence-electron chi connectivity index (χ3n) is 7.07. The quantitative estimate of drug-likeness (QED) is 0.560. The lowest BCUT2D eigenvalue weighted by atomic mass is 9.93. The van der Waals surface area contributed by atoms with Gasteiger partial charge in [0.2, 0.25) is 5.89 Å². The SMILES string of the molecule is O=C(Nc1ccc(C(=O)N2CCN(Cc3nc(C(=O)NC4CCC4)co3)CC2)cc1)NC1CCC1. The van der Waals surface area contributed by atoms with E-state index in [0.717, 1.165) is 38.5 Å². The highest BCUT2D eigenvalue weighted by molar-refractivity contribution is 5.95. The van der Waals surface area contributed by atoms with Crippen LogP contribution in [-0.4, -0.2) is 70.9 Å². The van der Waals surface area contributed by atoms with Crippen molar-refractivity contribution >= 4 is 23.5 Å². The maximum atomic E-state index is 12.9. The van der Waals surface area contributed by atoms with Crippen LogP contribution in [0.25, 0.3) is 0 Å². The monoisotopic (exact) mass is 480 g/mol. The van der Waals surface area contributed by atoms with E-state index in [-0.39, 0.29) is 29.9 Å². The summed E-state index contributed by atoms with van der Waals surface area (Å²) in [7, 11) is 0. The van der Waals surface area contributed by atoms with E-state index >= 15 is 0 Å². The van der Waals surface area contributed by atoms with Crippen LogP contribution in [0, 0.1) is 0 Å². The van der Waals surface area contributed by atoms with Crippen molar-refractivity contribution in [1.29, 1.82) is 0 Å². The van der Waals surface area contributed by atoms with E-state index in [0.29, 0.717) is 55.6 Å². The van der Waals surface area contributed by atoms with Gasteiger partial charge < -0.3 is 25.3 Å². The predicted octanol–water partition coefficient (Wildman–Crippen LogP) is 2.59. The Morgan fingerprint density at radius 2 is 1.57 bits per heavy atom. The van der Waals surface area contributed by atoms with Gasteiger partial charge in [-0.3, -0.25) is 14.5 Å². The van der Waals surface area contributed by atoms with Crippen molar-refractivity contribution in [2.45, 2.75) is 57.2 Å². The highest BCUT2D eigenvalue weighted by atomic mass is 16.3. The average Bonchev–Trinajstić information content (AvgIpc) is 3.28. The molecule has 4 amide bonds. The van der Waals surface area contributed by atoms with Crippen LogP contribution in [0.1, 0.15) is 65.3 Å². The number of hydrogen-bond donors (Lipinski definition) is 3. The third-order valence-corrected chi connectivity index (χ3v) is 7.07. The van der Waals surface area contributed by atoms with Crippen LogP contribution in [0.4, 0.5) is 10.5 Å². The van der Waals surface area contributed by atoms with E-state index in [4.69, 9.17) is 4.42 Å². The Kier molecular flexibility index (Phi) is 6.98. The zero-order valence-corrected chi connectivity index (χ0v) is 19.8. The molecule has 1 aliphatic heterocycles. The van der Waals surface area contributed by atoms with Crippen LogP contribution in [0.15, 0.2) is 34.9 Å². The topological polar surface area (TPSA) is 120 Å². The third kappa shape index (κ3) is 5.82. The molecule has 2 saturated carbocycles. The van der Waals surface area contributed by atoms with E-state index in [2.05, 4.69) is 25.8 Å². The minimum atomic E-state index is -0.206. The zero-order valence-electron chi connectivity index (χ0n) is 19.8. The first kappa shape index (κ1) is 23.3. The molecule has 0 radical (unpaired) electrons. The number of rotatable bonds is 7. The summed E-state index contributed by atoms with van der Waals surface area (Å²) in [5.74, 6) is 0.300. The van der Waals surface area contributed by atoms with E-state index in [1.54, 1.807) is 24.3 Å². The number of amides is 4. The van der Waals surface area contributed by atoms with Gasteiger partial charge >= 0.3 is 6.03 Å². The number of urea groups is 1. The molecule has 3 N–H and O–H groups in total. The van der Waals surface area contributed by atoms with Crippen LogP contribution >= 0.6 is 0 Å². The van der Waals surface area contributed by atoms with Gasteiger partial charge in [-0.1, -0.05) is 0 Å². The highest BCUT2D eigenvalue weighted by Crippen LogP contribution is 2.20. The Balaban J connectivity index is 1.06. The Morgan fingerprint density at radius 1 is 0.914 bits per heavy atom. The van der Waals surface area contributed by atoms with Gasteiger partial charge in [0.25, 0.3) is 11.8 Å². The molecule has 10 nitrogen and oxygen atoms in total. The van der Waals surface area contributed by atoms with Gasteiger partial charge in [-0.15, -0.1) is 0 Å². The number of carbonyl (C=O) groups excluding carboxylic acids is 3. The molecular formula is C25H32N6O4. The smallest absolute Gasteiger partial charge is 0.319 e. The van der Waals surface area contributed by atoms with Crippen molar-refractivity contribution in [3.05, 3.63) is 47.7 Å². The number of piperazine rings is 1. The van der Waals surface area contributed by atoms with Gasteiger partial charge in [0, 0.05) is 49.5 Å². The molecule has 10 heteroatoms. The number of benzene rings is 1. The first-order valence-corrected chi connectivity index (χ1v) is 12.5. The first-order valence-electron chi connectivity index (χ1n) is 12.5. The van der Waals surface area contributed by atoms with E-state index < -0.39 is 0 Å². The largest absolute Gasteiger partial charge is 0.447 e. The zero-order chi connectivity index (χ0) is 24.2. The number of anilines is 1. The van der Waals surface area contributed by atoms with Crippen LogP contribution in [0.3, 0.4) is 0 Å². The highest BCUT2D eigenvalue weighted by Gasteiger charge is 2.25. The second-order valence-corrected chi connectivity index (χ2v) is 9.60. The summed E-state index contributed by atoms with van der Waals surface area (Å²) in [6, 6.07) is 7.33. The van der Waals surface area contributed by atoms with Crippen molar-refractivity contribution in [3.8, 4) is 0 Å². The van der Waals surface area contributed by atoms with Crippen LogP contribution in [0.5, 0.6) is 0 Å². The molecule has 0 bridgehead atoms. The fourth-order valence-electron chi connectivity index (χ4n) is 4.38. The maximum absolute atomic E-state index is 12.9. The molecule has 0 spiro atoms. The molecule has 3 aliphatic rings. The summed E-state index contributed by atoms with van der Waals surface area (Å²) in [6.07, 6.45) is 7.85. The number of aromatic nitrogens is 1. The van der Waals surface area contributed by atoms with Crippen LogP contribution in [-0.2, 0) is 6.54 Å². The number of carbonyl (C=O) groups is 3. The summed E-state index contributed by atoms with van der Waals surface area (Å²) in [6.45, 7) is 3.08. The number of nitrogens with zero attached hydrogens (tertiary/aromatic N) is 3. The lowest BCUT2D eigenvalue weighted by molar-refractivity contribution is 0.0617. The average molecular weight is 481 g/mol. The van der Waals surface area contributed by atoms with E-state index in [1.807, 2.05) is 4.90 Å². The molecule has 2 heterocycles. The van der Waals surface area contributed by atoms with Crippen LogP contribution in [0.2, 0.25) is 0 Å². The van der Waals surface area contributed by atoms with Gasteiger partial charge in [-0.25, -0.2) is 9.78 Å². The lowest BCUT2D eigenvalue weighted by Gasteiger charge is -2.34. The molecular weight excluding hydrogens is 448 g/mol. The summed E-state index contributed by atoms with van der Waals surface area (Å²) >= 11 is 0. The summed E-state index contributed by atoms with van der Waals surface area (Å²) in [5.41, 5.74) is 1.58. The van der Waals surface area contributed by atoms with Crippen molar-refractivity contribution in [1.82, 2.24) is 25.4 Å². The van der Waals surface area contributed by atoms with Gasteiger partial charge in [0.1, 0.15) is 6.26 Å². The Hall–Kier alpha value is -3.40. The summed E-state index contributed by atoms with van der Waals surface area (Å²) < 4.78 is 5.51. The normalized spacial score (nSPS) is 18.9. The molecule has 1 aromatic carbocycles.